The number of hydrogen-bond donors (Lipinski definition) is 2. The predicted molar refractivity (Wildman–Crippen MR) is 88.6 cm³/mol. The Morgan fingerprint density at radius 1 is 1.45 bits per heavy atom. The number of rotatable bonds is 6. The minimum atomic E-state index is 0. The van der Waals surface area contributed by atoms with Crippen LogP contribution in [0.2, 0.25) is 0 Å². The lowest BCUT2D eigenvalue weighted by Crippen LogP contribution is -2.44. The Balaban J connectivity index is 0.00000242. The van der Waals surface area contributed by atoms with Gasteiger partial charge in [-0.15, -0.1) is 12.4 Å². The number of benzene rings is 1. The van der Waals surface area contributed by atoms with E-state index in [1.54, 1.807) is 7.11 Å². The molecule has 124 valence electrons. The smallest absolute Gasteiger partial charge is 0.222 e. The first-order chi connectivity index (χ1) is 10.2. The molecule has 0 aromatic heterocycles. The third-order valence-corrected chi connectivity index (χ3v) is 3.69. The summed E-state index contributed by atoms with van der Waals surface area (Å²) in [6, 6.07) is 7.98. The van der Waals surface area contributed by atoms with Crippen LogP contribution in [0.3, 0.4) is 0 Å². The van der Waals surface area contributed by atoms with Crippen molar-refractivity contribution >= 4 is 18.3 Å². The monoisotopic (exact) mass is 328 g/mol. The summed E-state index contributed by atoms with van der Waals surface area (Å²) in [5, 5.41) is 6.39. The van der Waals surface area contributed by atoms with Crippen molar-refractivity contribution in [2.75, 3.05) is 26.9 Å². The van der Waals surface area contributed by atoms with E-state index in [-0.39, 0.29) is 30.4 Å². The highest BCUT2D eigenvalue weighted by Crippen LogP contribution is 2.20. The quantitative estimate of drug-likeness (QED) is 0.839. The van der Waals surface area contributed by atoms with E-state index in [1.165, 1.54) is 0 Å². The Morgan fingerprint density at radius 2 is 2.18 bits per heavy atom. The summed E-state index contributed by atoms with van der Waals surface area (Å²) in [4.78, 5) is 12.1. The van der Waals surface area contributed by atoms with Crippen LogP contribution in [0.15, 0.2) is 24.3 Å². The van der Waals surface area contributed by atoms with Gasteiger partial charge in [-0.25, -0.2) is 0 Å². The third-order valence-electron chi connectivity index (χ3n) is 3.69. The highest BCUT2D eigenvalue weighted by atomic mass is 35.5. The van der Waals surface area contributed by atoms with Crippen LogP contribution in [-0.4, -0.2) is 38.8 Å². The molecular formula is C16H25ClN2O3. The van der Waals surface area contributed by atoms with Gasteiger partial charge in [0, 0.05) is 19.0 Å². The van der Waals surface area contributed by atoms with E-state index in [4.69, 9.17) is 9.47 Å². The van der Waals surface area contributed by atoms with Crippen molar-refractivity contribution in [1.82, 2.24) is 10.6 Å². The van der Waals surface area contributed by atoms with Gasteiger partial charge in [0.2, 0.25) is 5.91 Å². The van der Waals surface area contributed by atoms with Crippen molar-refractivity contribution in [3.8, 4) is 5.75 Å². The van der Waals surface area contributed by atoms with Crippen LogP contribution in [0.4, 0.5) is 0 Å². The van der Waals surface area contributed by atoms with Crippen LogP contribution in [-0.2, 0) is 9.53 Å². The van der Waals surface area contributed by atoms with Gasteiger partial charge >= 0.3 is 0 Å². The molecule has 0 saturated carbocycles. The van der Waals surface area contributed by atoms with E-state index >= 15 is 0 Å². The lowest BCUT2D eigenvalue weighted by molar-refractivity contribution is -0.123. The lowest BCUT2D eigenvalue weighted by atomic mass is 10.0. The van der Waals surface area contributed by atoms with E-state index in [1.807, 2.05) is 24.3 Å². The number of morpholine rings is 1. The molecule has 1 aromatic carbocycles. The molecule has 2 atom stereocenters. The van der Waals surface area contributed by atoms with Gasteiger partial charge in [-0.05, 0) is 24.1 Å². The Bertz CT molecular complexity index is 447. The van der Waals surface area contributed by atoms with Crippen molar-refractivity contribution in [3.63, 3.8) is 0 Å². The molecule has 0 radical (unpaired) electrons. The molecule has 6 heteroatoms. The zero-order chi connectivity index (χ0) is 15.1. The zero-order valence-electron chi connectivity index (χ0n) is 13.1. The number of carbonyl (C=O) groups is 1. The van der Waals surface area contributed by atoms with Gasteiger partial charge in [0.25, 0.3) is 0 Å². The molecule has 1 heterocycles. The first kappa shape index (κ1) is 18.7. The average molecular weight is 329 g/mol. The van der Waals surface area contributed by atoms with Gasteiger partial charge in [0.1, 0.15) is 5.75 Å². The fraction of sp³-hybridized carbons (Fsp3) is 0.562. The van der Waals surface area contributed by atoms with Crippen LogP contribution >= 0.6 is 12.4 Å². The molecule has 1 saturated heterocycles. The fourth-order valence-corrected chi connectivity index (χ4v) is 2.49. The minimum Gasteiger partial charge on any atom is -0.497 e. The van der Waals surface area contributed by atoms with E-state index < -0.39 is 0 Å². The Labute approximate surface area is 138 Å². The highest BCUT2D eigenvalue weighted by Gasteiger charge is 2.19. The van der Waals surface area contributed by atoms with Crippen molar-refractivity contribution < 1.29 is 14.3 Å². The van der Waals surface area contributed by atoms with Crippen LogP contribution in [0.1, 0.15) is 31.4 Å². The molecule has 5 nitrogen and oxygen atoms in total. The van der Waals surface area contributed by atoms with Crippen molar-refractivity contribution in [1.29, 1.82) is 0 Å². The second-order valence-electron chi connectivity index (χ2n) is 5.23. The Hall–Kier alpha value is -1.30. The van der Waals surface area contributed by atoms with Crippen molar-refractivity contribution in [2.24, 2.45) is 0 Å². The maximum absolute atomic E-state index is 12.1. The second kappa shape index (κ2) is 9.66. The summed E-state index contributed by atoms with van der Waals surface area (Å²) in [6.45, 7) is 4.21. The SMILES string of the molecule is CCC(NC(=O)CC1COCCN1)c1ccc(OC)cc1.Cl. The number of methoxy groups -OCH3 is 1. The number of amides is 1. The highest BCUT2D eigenvalue weighted by molar-refractivity contribution is 5.85. The third kappa shape index (κ3) is 5.48. The van der Waals surface area contributed by atoms with E-state index in [0.717, 1.165) is 30.9 Å². The summed E-state index contributed by atoms with van der Waals surface area (Å²) in [5.74, 6) is 0.879. The molecule has 1 amide bonds. The molecule has 2 unspecified atom stereocenters. The topological polar surface area (TPSA) is 59.6 Å². The molecule has 0 spiro atoms. The molecular weight excluding hydrogens is 304 g/mol. The number of nitrogens with one attached hydrogen (secondary N) is 2. The van der Waals surface area contributed by atoms with Crippen LogP contribution in [0.25, 0.3) is 0 Å². The lowest BCUT2D eigenvalue weighted by Gasteiger charge is -2.24. The molecule has 1 aromatic rings. The van der Waals surface area contributed by atoms with Crippen molar-refractivity contribution in [2.45, 2.75) is 31.8 Å². The largest absolute Gasteiger partial charge is 0.497 e. The molecule has 2 N–H and O–H groups in total. The van der Waals surface area contributed by atoms with E-state index in [9.17, 15) is 4.79 Å². The fourth-order valence-electron chi connectivity index (χ4n) is 2.49. The van der Waals surface area contributed by atoms with Gasteiger partial charge in [-0.3, -0.25) is 4.79 Å². The number of carbonyl (C=O) groups excluding carboxylic acids is 1. The molecule has 0 aliphatic carbocycles. The molecule has 22 heavy (non-hydrogen) atoms. The summed E-state index contributed by atoms with van der Waals surface area (Å²) < 4.78 is 10.5. The van der Waals surface area contributed by atoms with Crippen LogP contribution < -0.4 is 15.4 Å². The molecule has 2 rings (SSSR count). The molecule has 1 fully saturated rings. The summed E-state index contributed by atoms with van der Waals surface area (Å²) in [7, 11) is 1.65. The van der Waals surface area contributed by atoms with Gasteiger partial charge in [0.15, 0.2) is 0 Å². The maximum atomic E-state index is 12.1. The van der Waals surface area contributed by atoms with E-state index in [2.05, 4.69) is 17.6 Å². The first-order valence-electron chi connectivity index (χ1n) is 7.47. The molecule has 1 aliphatic heterocycles. The molecule has 1 aliphatic rings. The minimum absolute atomic E-state index is 0. The number of halogens is 1. The zero-order valence-corrected chi connectivity index (χ0v) is 13.9. The maximum Gasteiger partial charge on any atom is 0.222 e. The van der Waals surface area contributed by atoms with Gasteiger partial charge in [-0.1, -0.05) is 19.1 Å². The Morgan fingerprint density at radius 3 is 2.73 bits per heavy atom. The summed E-state index contributed by atoms with van der Waals surface area (Å²) in [6.07, 6.45) is 1.30. The predicted octanol–water partition coefficient (Wildman–Crippen LogP) is 2.06. The summed E-state index contributed by atoms with van der Waals surface area (Å²) >= 11 is 0. The number of hydrogen-bond acceptors (Lipinski definition) is 4. The van der Waals surface area contributed by atoms with Crippen LogP contribution in [0.5, 0.6) is 5.75 Å². The van der Waals surface area contributed by atoms with E-state index in [0.29, 0.717) is 13.0 Å². The van der Waals surface area contributed by atoms with Gasteiger partial charge in [0.05, 0.1) is 26.4 Å². The Kier molecular flexibility index (Phi) is 8.24. The van der Waals surface area contributed by atoms with Crippen LogP contribution in [0, 0.1) is 0 Å². The van der Waals surface area contributed by atoms with Gasteiger partial charge in [-0.2, -0.15) is 0 Å². The number of ether oxygens (including phenoxy) is 2. The standard InChI is InChI=1S/C16H24N2O3.ClH/c1-3-15(12-4-6-14(20-2)7-5-12)18-16(19)10-13-11-21-9-8-17-13;/h4-7,13,15,17H,3,8-11H2,1-2H3,(H,18,19);1H. The van der Waals surface area contributed by atoms with Gasteiger partial charge < -0.3 is 20.1 Å². The van der Waals surface area contributed by atoms with Crippen molar-refractivity contribution in [3.05, 3.63) is 29.8 Å². The average Bonchev–Trinajstić information content (AvgIpc) is 2.53. The normalized spacial score (nSPS) is 18.9. The summed E-state index contributed by atoms with van der Waals surface area (Å²) in [5.41, 5.74) is 1.10. The first-order valence-corrected chi connectivity index (χ1v) is 7.47. The second-order valence-corrected chi connectivity index (χ2v) is 5.23. The molecule has 0 bridgehead atoms.